The fourth-order valence-electron chi connectivity index (χ4n) is 6.16. The number of rotatable bonds is 23. The van der Waals surface area contributed by atoms with E-state index in [1.165, 1.54) is 48.5 Å². The molecular weight excluding hydrogens is 855 g/mol. The zero-order valence-corrected chi connectivity index (χ0v) is 34.1. The molecule has 3 atom stereocenters. The summed E-state index contributed by atoms with van der Waals surface area (Å²) in [4.78, 5) is 94.9. The molecule has 0 aromatic heterocycles. The minimum atomic E-state index is -1.33. The number of fused-ring (bicyclic) bond motifs is 2. The lowest BCUT2D eigenvalue weighted by molar-refractivity contribution is -0.141. The summed E-state index contributed by atoms with van der Waals surface area (Å²) in [5.74, 6) is -5.88. The van der Waals surface area contributed by atoms with Crippen LogP contribution < -0.4 is 32.0 Å². The van der Waals surface area contributed by atoms with Crippen LogP contribution in [0.25, 0.3) is 33.4 Å². The van der Waals surface area contributed by atoms with Crippen molar-refractivity contribution in [3.8, 4) is 28.2 Å². The summed E-state index contributed by atoms with van der Waals surface area (Å²) in [6.07, 6.45) is -2.22. The molecule has 4 rings (SSSR count). The number of hydrogen-bond acceptors (Lipinski definition) is 13. The Morgan fingerprint density at radius 1 is 0.758 bits per heavy atom. The van der Waals surface area contributed by atoms with Gasteiger partial charge in [0.1, 0.15) is 35.0 Å². The second-order valence-electron chi connectivity index (χ2n) is 13.6. The second kappa shape index (κ2) is 22.4. The van der Waals surface area contributed by atoms with Gasteiger partial charge in [-0.25, -0.2) is 14.4 Å². The fourth-order valence-corrected chi connectivity index (χ4v) is 6.69. The van der Waals surface area contributed by atoms with Gasteiger partial charge in [0.2, 0.25) is 5.91 Å². The van der Waals surface area contributed by atoms with Crippen molar-refractivity contribution in [3.05, 3.63) is 70.4 Å². The standard InChI is InChI=1S/C40H41N5O15S2/c46-19-59-33(13-14-34(51)52)45-40(62)44-28(37(55)56)10-6-21(47)2-1-15-41-32(50)12-11-29(38(57)58)43-39(61)42-20-3-7-24(27(16-20)36(53)54)35-25-8-4-22(48)17-30(25)60-31-18-23(49)5-9-26(31)35/h3-5,7-9,16-19,28-29,33,48H,1-2,6,10-15H2,(H,41,50)(H,51,52)(H,53,54)(H,55,56)(H,57,58)(H2,42,43,61)(H2,44,45,62)/t28-,29-,33+/m0/s1. The number of carboxylic acids is 4. The van der Waals surface area contributed by atoms with Gasteiger partial charge in [-0.15, -0.1) is 0 Å². The van der Waals surface area contributed by atoms with Gasteiger partial charge in [-0.1, -0.05) is 6.07 Å². The highest BCUT2D eigenvalue weighted by Gasteiger charge is 2.25. The number of Topliss-reactive ketones (excluding diaryl/α,β-unsaturated/α-hetero) is 1. The Bertz CT molecular complexity index is 2400. The van der Waals surface area contributed by atoms with Crippen molar-refractivity contribution in [3.63, 3.8) is 0 Å². The van der Waals surface area contributed by atoms with Crippen LogP contribution >= 0.6 is 24.4 Å². The number of ether oxygens (including phenoxy) is 1. The molecule has 22 heteroatoms. The molecule has 1 aliphatic carbocycles. The number of aromatic hydroxyl groups is 1. The molecule has 0 saturated carbocycles. The van der Waals surface area contributed by atoms with E-state index >= 15 is 0 Å². The maximum absolute atomic E-state index is 12.6. The maximum atomic E-state index is 12.6. The smallest absolute Gasteiger partial charge is 0.336 e. The van der Waals surface area contributed by atoms with Gasteiger partial charge in [0.05, 0.1) is 12.0 Å². The van der Waals surface area contributed by atoms with Crippen LogP contribution in [0.2, 0.25) is 0 Å². The monoisotopic (exact) mass is 895 g/mol. The lowest BCUT2D eigenvalue weighted by Gasteiger charge is -2.21. The molecule has 0 spiro atoms. The molecule has 10 N–H and O–H groups in total. The zero-order valence-electron chi connectivity index (χ0n) is 32.5. The van der Waals surface area contributed by atoms with E-state index in [9.17, 15) is 58.8 Å². The number of benzene rings is 3. The summed E-state index contributed by atoms with van der Waals surface area (Å²) in [6.45, 7) is 0.143. The molecule has 2 aliphatic rings. The Labute approximate surface area is 362 Å². The van der Waals surface area contributed by atoms with E-state index in [4.69, 9.17) is 38.7 Å². The van der Waals surface area contributed by atoms with Crippen molar-refractivity contribution in [2.75, 3.05) is 11.9 Å². The van der Waals surface area contributed by atoms with Crippen LogP contribution in [0.3, 0.4) is 0 Å². The average molecular weight is 896 g/mol. The molecule has 2 aromatic rings. The van der Waals surface area contributed by atoms with Crippen LogP contribution in [0, 0.1) is 0 Å². The van der Waals surface area contributed by atoms with E-state index < -0.39 is 48.1 Å². The summed E-state index contributed by atoms with van der Waals surface area (Å²) in [7, 11) is 0. The van der Waals surface area contributed by atoms with Crippen molar-refractivity contribution in [1.29, 1.82) is 0 Å². The van der Waals surface area contributed by atoms with Crippen molar-refractivity contribution >= 4 is 93.4 Å². The molecule has 62 heavy (non-hydrogen) atoms. The predicted octanol–water partition coefficient (Wildman–Crippen LogP) is 3.02. The van der Waals surface area contributed by atoms with Gasteiger partial charge in [-0.3, -0.25) is 24.0 Å². The van der Waals surface area contributed by atoms with Gasteiger partial charge in [0, 0.05) is 66.6 Å². The van der Waals surface area contributed by atoms with Gasteiger partial charge in [-0.2, -0.15) is 0 Å². The van der Waals surface area contributed by atoms with Crippen LogP contribution in [-0.2, 0) is 33.5 Å². The zero-order chi connectivity index (χ0) is 45.5. The van der Waals surface area contributed by atoms with Crippen molar-refractivity contribution in [2.45, 2.75) is 69.7 Å². The van der Waals surface area contributed by atoms with E-state index in [0.29, 0.717) is 16.5 Å². The average Bonchev–Trinajstić information content (AvgIpc) is 3.20. The van der Waals surface area contributed by atoms with Crippen molar-refractivity contribution in [1.82, 2.24) is 21.3 Å². The van der Waals surface area contributed by atoms with Gasteiger partial charge >= 0.3 is 23.9 Å². The van der Waals surface area contributed by atoms with Gasteiger partial charge in [0.25, 0.3) is 6.47 Å². The number of anilines is 1. The third-order valence-corrected chi connectivity index (χ3v) is 9.58. The largest absolute Gasteiger partial charge is 0.508 e. The molecular formula is C40H41N5O15S2. The number of hydrogen-bond donors (Lipinski definition) is 10. The number of nitrogens with one attached hydrogen (secondary N) is 5. The maximum Gasteiger partial charge on any atom is 0.336 e. The van der Waals surface area contributed by atoms with Crippen LogP contribution in [0.5, 0.6) is 5.75 Å². The highest BCUT2D eigenvalue weighted by molar-refractivity contribution is 7.80. The molecule has 0 saturated heterocycles. The topological polar surface area (TPSA) is 320 Å². The summed E-state index contributed by atoms with van der Waals surface area (Å²) in [5.41, 5.74) is 0.981. The number of phenolic OH excluding ortho intramolecular Hbond substituents is 1. The molecule has 1 amide bonds. The van der Waals surface area contributed by atoms with Crippen LogP contribution in [-0.4, -0.2) is 103 Å². The fraction of sp³-hybridized carbons (Fsp3) is 0.300. The van der Waals surface area contributed by atoms with Crippen LogP contribution in [0.15, 0.2) is 63.8 Å². The number of carboxylic acid groups (broad SMARTS) is 4. The minimum absolute atomic E-state index is 0.00919. The highest BCUT2D eigenvalue weighted by Crippen LogP contribution is 2.42. The first-order chi connectivity index (χ1) is 29.4. The number of phenols is 1. The number of aliphatic carboxylic acids is 3. The Kier molecular flexibility index (Phi) is 17.2. The Morgan fingerprint density at radius 3 is 2.10 bits per heavy atom. The number of carbonyl (C=O) groups is 7. The van der Waals surface area contributed by atoms with E-state index in [1.54, 1.807) is 6.07 Å². The molecule has 0 unspecified atom stereocenters. The van der Waals surface area contributed by atoms with Crippen molar-refractivity contribution in [2.24, 2.45) is 0 Å². The molecule has 0 radical (unpaired) electrons. The van der Waals surface area contributed by atoms with Crippen molar-refractivity contribution < 1.29 is 68.2 Å². The minimum Gasteiger partial charge on any atom is -0.508 e. The molecule has 2 aromatic carbocycles. The Hall–Kier alpha value is -7.20. The SMILES string of the molecule is O=CO[C@H](CCC(=O)O)NC(=S)N[C@@H](CCC(=O)CCCNC(=O)CC[C@H](NC(=S)Nc1ccc(-c2c3ccc(=O)cc-3oc3cc(O)ccc23)c(C(=O)O)c1)C(=O)O)C(=O)O. The van der Waals surface area contributed by atoms with Crippen LogP contribution in [0.1, 0.15) is 61.7 Å². The summed E-state index contributed by atoms with van der Waals surface area (Å²) in [5, 5.41) is 61.5. The normalized spacial score (nSPS) is 12.3. The predicted molar refractivity (Wildman–Crippen MR) is 228 cm³/mol. The number of carbonyl (C=O) groups excluding carboxylic acids is 3. The Balaban J connectivity index is 1.26. The van der Waals surface area contributed by atoms with Gasteiger partial charge in [-0.05, 0) is 85.7 Å². The summed E-state index contributed by atoms with van der Waals surface area (Å²) < 4.78 is 10.6. The lowest BCUT2D eigenvalue weighted by Crippen LogP contribution is -2.49. The number of thiocarbonyl (C=S) groups is 2. The highest BCUT2D eigenvalue weighted by atomic mass is 32.1. The Morgan fingerprint density at radius 2 is 1.44 bits per heavy atom. The molecule has 20 nitrogen and oxygen atoms in total. The molecule has 0 bridgehead atoms. The first-order valence-electron chi connectivity index (χ1n) is 18.7. The number of aromatic carboxylic acids is 1. The van der Waals surface area contributed by atoms with E-state index in [1.807, 2.05) is 0 Å². The van der Waals surface area contributed by atoms with E-state index in [2.05, 4.69) is 26.6 Å². The quantitative estimate of drug-likeness (QED) is 0.0168. The van der Waals surface area contributed by atoms with E-state index in [0.717, 1.165) is 0 Å². The third-order valence-electron chi connectivity index (χ3n) is 9.12. The van der Waals surface area contributed by atoms with Gasteiger partial charge in [0.15, 0.2) is 21.9 Å². The first-order valence-corrected chi connectivity index (χ1v) is 19.5. The summed E-state index contributed by atoms with van der Waals surface area (Å²) >= 11 is 10.3. The number of amides is 1. The molecule has 1 aliphatic heterocycles. The summed E-state index contributed by atoms with van der Waals surface area (Å²) in [6, 6.07) is 10.0. The number of ketones is 1. The first kappa shape index (κ1) is 47.5. The second-order valence-corrected chi connectivity index (χ2v) is 14.4. The third kappa shape index (κ3) is 13.9. The molecule has 1 heterocycles. The van der Waals surface area contributed by atoms with E-state index in [-0.39, 0.29) is 120 Å². The molecule has 0 fully saturated rings. The molecule has 328 valence electrons. The lowest BCUT2D eigenvalue weighted by atomic mass is 9.90. The van der Waals surface area contributed by atoms with Gasteiger partial charge < -0.3 is 61.3 Å². The van der Waals surface area contributed by atoms with Crippen LogP contribution in [0.4, 0.5) is 5.69 Å².